The number of nitrogens with two attached hydrogens (primary N) is 2. The maximum absolute atomic E-state index is 14.2. The molecule has 0 amide bonds. The number of benzene rings is 2. The average Bonchev–Trinajstić information content (AvgIpc) is 2.59. The second kappa shape index (κ2) is 7.84. The van der Waals surface area contributed by atoms with Gasteiger partial charge in [-0.05, 0) is 44.3 Å². The van der Waals surface area contributed by atoms with E-state index in [0.717, 1.165) is 13.0 Å². The molecule has 0 aliphatic heterocycles. The van der Waals surface area contributed by atoms with Crippen molar-refractivity contribution in [3.05, 3.63) is 40.6 Å². The van der Waals surface area contributed by atoms with Crippen LogP contribution in [0.2, 0.25) is 0 Å². The molecule has 1 heterocycles. The number of nitrogens with zero attached hydrogens (tertiary/aromatic N) is 2. The molecular formula is C18H19BrFN5O. The molecule has 26 heavy (non-hydrogen) atoms. The Kier molecular flexibility index (Phi) is 5.53. The highest BCUT2D eigenvalue weighted by atomic mass is 79.9. The molecule has 0 radical (unpaired) electrons. The van der Waals surface area contributed by atoms with Crippen molar-refractivity contribution in [1.82, 2.24) is 15.3 Å². The van der Waals surface area contributed by atoms with Crippen molar-refractivity contribution in [2.24, 2.45) is 0 Å². The van der Waals surface area contributed by atoms with Gasteiger partial charge in [0.25, 0.3) is 0 Å². The third-order valence-corrected chi connectivity index (χ3v) is 4.35. The van der Waals surface area contributed by atoms with E-state index in [0.29, 0.717) is 33.4 Å². The Labute approximate surface area is 158 Å². The van der Waals surface area contributed by atoms with Crippen LogP contribution in [0.4, 0.5) is 15.9 Å². The van der Waals surface area contributed by atoms with Crippen LogP contribution in [-0.4, -0.2) is 30.2 Å². The first kappa shape index (κ1) is 18.3. The fourth-order valence-corrected chi connectivity index (χ4v) is 2.88. The third-order valence-electron chi connectivity index (χ3n) is 3.86. The predicted octanol–water partition coefficient (Wildman–Crippen LogP) is 3.35. The molecule has 0 saturated heterocycles. The summed E-state index contributed by atoms with van der Waals surface area (Å²) in [5.74, 6) is 0.540. The highest BCUT2D eigenvalue weighted by molar-refractivity contribution is 9.10. The van der Waals surface area contributed by atoms with Crippen LogP contribution >= 0.6 is 15.9 Å². The van der Waals surface area contributed by atoms with E-state index in [1.165, 1.54) is 6.07 Å². The Morgan fingerprint density at radius 2 is 2.00 bits per heavy atom. The number of hydrogen-bond donors (Lipinski definition) is 3. The Bertz CT molecular complexity index is 951. The molecule has 0 aliphatic carbocycles. The van der Waals surface area contributed by atoms with Crippen molar-refractivity contribution in [2.75, 3.05) is 31.7 Å². The van der Waals surface area contributed by atoms with Gasteiger partial charge >= 0.3 is 0 Å². The van der Waals surface area contributed by atoms with Crippen LogP contribution in [0.1, 0.15) is 6.42 Å². The molecule has 1 aromatic heterocycles. The highest BCUT2D eigenvalue weighted by Gasteiger charge is 2.14. The zero-order valence-electron chi connectivity index (χ0n) is 14.2. The van der Waals surface area contributed by atoms with E-state index in [4.69, 9.17) is 16.2 Å². The summed E-state index contributed by atoms with van der Waals surface area (Å²) in [6.45, 7) is 1.36. The van der Waals surface area contributed by atoms with E-state index in [1.54, 1.807) is 24.3 Å². The minimum Gasteiger partial charge on any atom is -0.491 e. The largest absolute Gasteiger partial charge is 0.491 e. The van der Waals surface area contributed by atoms with Gasteiger partial charge < -0.3 is 21.5 Å². The van der Waals surface area contributed by atoms with Crippen molar-refractivity contribution >= 4 is 38.3 Å². The second-order valence-electron chi connectivity index (χ2n) is 5.77. The molecule has 3 aromatic rings. The van der Waals surface area contributed by atoms with Crippen LogP contribution in [0.25, 0.3) is 22.3 Å². The van der Waals surface area contributed by atoms with Gasteiger partial charge in [-0.2, -0.15) is 0 Å². The Morgan fingerprint density at radius 1 is 1.19 bits per heavy atom. The molecule has 0 unspecified atom stereocenters. The summed E-state index contributed by atoms with van der Waals surface area (Å²) in [7, 11) is 1.88. The molecule has 3 rings (SSSR count). The summed E-state index contributed by atoms with van der Waals surface area (Å²) in [5, 5.41) is 3.66. The number of aromatic nitrogens is 2. The average molecular weight is 420 g/mol. The second-order valence-corrected chi connectivity index (χ2v) is 6.69. The summed E-state index contributed by atoms with van der Waals surface area (Å²) in [6.07, 6.45) is 0.843. The van der Waals surface area contributed by atoms with E-state index in [9.17, 15) is 4.39 Å². The number of hydrogen-bond acceptors (Lipinski definition) is 6. The van der Waals surface area contributed by atoms with Crippen molar-refractivity contribution in [2.45, 2.75) is 6.42 Å². The van der Waals surface area contributed by atoms with Crippen molar-refractivity contribution in [1.29, 1.82) is 0 Å². The molecule has 136 valence electrons. The van der Waals surface area contributed by atoms with Crippen LogP contribution in [0.15, 0.2) is 34.8 Å². The Morgan fingerprint density at radius 3 is 2.73 bits per heavy atom. The van der Waals surface area contributed by atoms with Gasteiger partial charge in [-0.3, -0.25) is 0 Å². The molecule has 8 heteroatoms. The lowest BCUT2D eigenvalue weighted by Crippen LogP contribution is -2.12. The number of ether oxygens (including phenoxy) is 1. The molecule has 0 spiro atoms. The normalized spacial score (nSPS) is 11.0. The lowest BCUT2D eigenvalue weighted by atomic mass is 10.1. The van der Waals surface area contributed by atoms with Crippen LogP contribution in [0, 0.1) is 5.82 Å². The van der Waals surface area contributed by atoms with Crippen molar-refractivity contribution < 1.29 is 9.13 Å². The predicted molar refractivity (Wildman–Crippen MR) is 105 cm³/mol. The lowest BCUT2D eigenvalue weighted by molar-refractivity contribution is 0.312. The van der Waals surface area contributed by atoms with Gasteiger partial charge in [0.15, 0.2) is 5.82 Å². The van der Waals surface area contributed by atoms with Crippen molar-refractivity contribution in [3.8, 4) is 17.1 Å². The van der Waals surface area contributed by atoms with E-state index >= 15 is 0 Å². The molecule has 6 nitrogen and oxygen atoms in total. The quantitative estimate of drug-likeness (QED) is 0.418. The molecule has 2 aromatic carbocycles. The van der Waals surface area contributed by atoms with E-state index in [2.05, 4.69) is 31.2 Å². The smallest absolute Gasteiger partial charge is 0.165 e. The number of halogens is 2. The zero-order chi connectivity index (χ0) is 18.7. The highest BCUT2D eigenvalue weighted by Crippen LogP contribution is 2.32. The SMILES string of the molecule is CNCCCOc1cc2nc(-c3ccc(Br)cc3F)nc(N)c2cc1N. The number of nitrogen functional groups attached to an aromatic ring is 2. The number of rotatable bonds is 6. The molecule has 0 fully saturated rings. The van der Waals surface area contributed by atoms with Gasteiger partial charge in [0.1, 0.15) is 17.4 Å². The third kappa shape index (κ3) is 3.86. The van der Waals surface area contributed by atoms with Gasteiger partial charge in [0, 0.05) is 15.9 Å². The molecular weight excluding hydrogens is 401 g/mol. The van der Waals surface area contributed by atoms with Gasteiger partial charge in [-0.1, -0.05) is 15.9 Å². The van der Waals surface area contributed by atoms with Gasteiger partial charge in [0.05, 0.1) is 23.4 Å². The molecule has 0 aliphatic rings. The minimum absolute atomic E-state index is 0.214. The standard InChI is InChI=1S/C18H19BrFN5O/c1-23-5-2-6-26-16-9-15-12(8-14(16)21)17(22)25-18(24-15)11-4-3-10(19)7-13(11)20/h3-4,7-9,23H,2,5-6,21H2,1H3,(H2,22,24,25). The maximum atomic E-state index is 14.2. The minimum atomic E-state index is -0.433. The zero-order valence-corrected chi connectivity index (χ0v) is 15.8. The topological polar surface area (TPSA) is 99.1 Å². The molecule has 5 N–H and O–H groups in total. The number of nitrogens with one attached hydrogen (secondary N) is 1. The molecule has 0 atom stereocenters. The summed E-state index contributed by atoms with van der Waals surface area (Å²) in [6, 6.07) is 8.08. The molecule has 0 bridgehead atoms. The first-order valence-electron chi connectivity index (χ1n) is 8.09. The van der Waals surface area contributed by atoms with E-state index < -0.39 is 5.82 Å². The number of anilines is 2. The first-order chi connectivity index (χ1) is 12.5. The van der Waals surface area contributed by atoms with Gasteiger partial charge in [-0.15, -0.1) is 0 Å². The van der Waals surface area contributed by atoms with E-state index in [1.807, 2.05) is 7.05 Å². The fourth-order valence-electron chi connectivity index (χ4n) is 2.54. The number of fused-ring (bicyclic) bond motifs is 1. The van der Waals surface area contributed by atoms with Crippen LogP contribution in [-0.2, 0) is 0 Å². The van der Waals surface area contributed by atoms with Crippen molar-refractivity contribution in [3.63, 3.8) is 0 Å². The van der Waals surface area contributed by atoms with Gasteiger partial charge in [0.2, 0.25) is 0 Å². The lowest BCUT2D eigenvalue weighted by Gasteiger charge is -2.12. The Hall–Kier alpha value is -2.45. The molecule has 0 saturated carbocycles. The monoisotopic (exact) mass is 419 g/mol. The summed E-state index contributed by atoms with van der Waals surface area (Å²) >= 11 is 3.24. The fraction of sp³-hybridized carbons (Fsp3) is 0.222. The maximum Gasteiger partial charge on any atom is 0.165 e. The summed E-state index contributed by atoms with van der Waals surface area (Å²) in [4.78, 5) is 8.67. The first-order valence-corrected chi connectivity index (χ1v) is 8.88. The van der Waals surface area contributed by atoms with Crippen LogP contribution in [0.3, 0.4) is 0 Å². The summed E-state index contributed by atoms with van der Waals surface area (Å²) < 4.78 is 20.6. The van der Waals surface area contributed by atoms with Crippen LogP contribution < -0.4 is 21.5 Å². The Balaban J connectivity index is 2.01. The summed E-state index contributed by atoms with van der Waals surface area (Å²) in [5.41, 5.74) is 13.4. The van der Waals surface area contributed by atoms with E-state index in [-0.39, 0.29) is 17.2 Å². The van der Waals surface area contributed by atoms with Gasteiger partial charge in [-0.25, -0.2) is 14.4 Å². The van der Waals surface area contributed by atoms with Crippen LogP contribution in [0.5, 0.6) is 5.75 Å².